The van der Waals surface area contributed by atoms with E-state index in [4.69, 9.17) is 15.0 Å². The quantitative estimate of drug-likeness (QED) is 0.662. The van der Waals surface area contributed by atoms with Crippen LogP contribution < -0.4 is 0 Å². The van der Waals surface area contributed by atoms with E-state index in [2.05, 4.69) is 14.7 Å². The Morgan fingerprint density at radius 3 is 1.07 bits per heavy atom. The minimum absolute atomic E-state index is 0.475. The lowest BCUT2D eigenvalue weighted by atomic mass is 9.90. The summed E-state index contributed by atoms with van der Waals surface area (Å²) < 4.78 is 0. The van der Waals surface area contributed by atoms with E-state index in [0.29, 0.717) is 36.3 Å². The van der Waals surface area contributed by atoms with E-state index in [1.54, 1.807) is 0 Å². The normalized spacial score (nSPS) is 44.4. The van der Waals surface area contributed by atoms with Gasteiger partial charge in [0, 0.05) is 0 Å². The van der Waals surface area contributed by atoms with Crippen molar-refractivity contribution in [3.05, 3.63) is 0 Å². The first kappa shape index (κ1) is 15.3. The lowest BCUT2D eigenvalue weighted by Gasteiger charge is -2.47. The first-order chi connectivity index (χ1) is 13.4. The molecule has 27 heavy (non-hydrogen) atoms. The van der Waals surface area contributed by atoms with Crippen LogP contribution >= 0.6 is 0 Å². The summed E-state index contributed by atoms with van der Waals surface area (Å²) in [6.07, 6.45) is 15.6. The fourth-order valence-corrected chi connectivity index (χ4v) is 6.96. The molecule has 0 spiro atoms. The van der Waals surface area contributed by atoms with Crippen molar-refractivity contribution in [1.82, 2.24) is 14.7 Å². The van der Waals surface area contributed by atoms with Gasteiger partial charge in [0.2, 0.25) is 17.9 Å². The van der Waals surface area contributed by atoms with Gasteiger partial charge in [-0.1, -0.05) is 38.5 Å². The molecule has 0 aromatic carbocycles. The van der Waals surface area contributed by atoms with E-state index in [9.17, 15) is 0 Å². The van der Waals surface area contributed by atoms with Crippen LogP contribution in [0.2, 0.25) is 0 Å². The Kier molecular flexibility index (Phi) is 3.11. The average Bonchev–Trinajstić information content (AvgIpc) is 3.38. The van der Waals surface area contributed by atoms with Gasteiger partial charge in [-0.3, -0.25) is 14.7 Å². The largest absolute Gasteiger partial charge is 0.277 e. The molecule has 0 aromatic rings. The molecule has 6 heteroatoms. The van der Waals surface area contributed by atoms with Crippen molar-refractivity contribution in [2.24, 2.45) is 15.0 Å². The second-order valence-electron chi connectivity index (χ2n) is 9.65. The Morgan fingerprint density at radius 2 is 0.741 bits per heavy atom. The van der Waals surface area contributed by atoms with Crippen LogP contribution in [0.25, 0.3) is 0 Å². The van der Waals surface area contributed by atoms with Crippen LogP contribution in [0, 0.1) is 0 Å². The van der Waals surface area contributed by atoms with Crippen molar-refractivity contribution in [2.45, 2.75) is 113 Å². The van der Waals surface area contributed by atoms with Gasteiger partial charge in [0.05, 0.1) is 36.3 Å². The van der Waals surface area contributed by atoms with Crippen LogP contribution in [0.4, 0.5) is 0 Å². The van der Waals surface area contributed by atoms with E-state index in [1.165, 1.54) is 94.9 Å². The summed E-state index contributed by atoms with van der Waals surface area (Å²) >= 11 is 0. The molecule has 1 saturated heterocycles. The molecule has 4 fully saturated rings. The molecular weight excluding hydrogens is 336 g/mol. The van der Waals surface area contributed by atoms with Gasteiger partial charge in [-0.2, -0.15) is 0 Å². The van der Waals surface area contributed by atoms with Crippen molar-refractivity contribution in [1.29, 1.82) is 0 Å². The maximum atomic E-state index is 5.32. The fraction of sp³-hybridized carbons (Fsp3) is 0.857. The Bertz CT molecular complexity index is 638. The van der Waals surface area contributed by atoms with Gasteiger partial charge in [0.15, 0.2) is 0 Å². The molecule has 144 valence electrons. The van der Waals surface area contributed by atoms with E-state index in [1.807, 2.05) is 0 Å². The van der Waals surface area contributed by atoms with Crippen molar-refractivity contribution in [3.63, 3.8) is 0 Å². The molecular formula is C21H30N6. The fourth-order valence-electron chi connectivity index (χ4n) is 6.96. The van der Waals surface area contributed by atoms with Crippen LogP contribution in [-0.2, 0) is 0 Å². The first-order valence-corrected chi connectivity index (χ1v) is 11.5. The molecule has 0 N–H and O–H groups in total. The van der Waals surface area contributed by atoms with Crippen LogP contribution in [0.15, 0.2) is 15.0 Å². The Labute approximate surface area is 161 Å². The van der Waals surface area contributed by atoms with Crippen molar-refractivity contribution in [2.75, 3.05) is 0 Å². The summed E-state index contributed by atoms with van der Waals surface area (Å²) in [7, 11) is 0. The number of guanidine groups is 3. The van der Waals surface area contributed by atoms with Crippen molar-refractivity contribution >= 4 is 17.9 Å². The van der Waals surface area contributed by atoms with Gasteiger partial charge in [0.25, 0.3) is 0 Å². The summed E-state index contributed by atoms with van der Waals surface area (Å²) in [6.45, 7) is 0. The van der Waals surface area contributed by atoms with Gasteiger partial charge >= 0.3 is 0 Å². The van der Waals surface area contributed by atoms with E-state index >= 15 is 0 Å². The highest BCUT2D eigenvalue weighted by Gasteiger charge is 2.58. The van der Waals surface area contributed by atoms with Gasteiger partial charge in [-0.05, 0) is 38.5 Å². The SMILES string of the molecule is C1CCC2C(C1)N=C1N2C2=NC3CCCCC3N2C2=NC3CCCCC3N12. The second kappa shape index (κ2) is 5.48. The number of aliphatic imine (C=N–C) groups is 3. The third-order valence-electron chi connectivity index (χ3n) is 8.21. The second-order valence-corrected chi connectivity index (χ2v) is 9.65. The van der Waals surface area contributed by atoms with Crippen LogP contribution in [0.3, 0.4) is 0 Å². The summed E-state index contributed by atoms with van der Waals surface area (Å²) in [5.74, 6) is 3.65. The number of hydrogen-bond acceptors (Lipinski definition) is 6. The smallest absolute Gasteiger partial charge is 0.211 e. The van der Waals surface area contributed by atoms with Gasteiger partial charge in [0.1, 0.15) is 0 Å². The predicted octanol–water partition coefficient (Wildman–Crippen LogP) is 2.95. The Morgan fingerprint density at radius 1 is 0.444 bits per heavy atom. The van der Waals surface area contributed by atoms with E-state index in [0.717, 1.165) is 0 Å². The van der Waals surface area contributed by atoms with Crippen molar-refractivity contribution in [3.8, 4) is 0 Å². The third kappa shape index (κ3) is 1.94. The zero-order chi connectivity index (χ0) is 17.5. The van der Waals surface area contributed by atoms with Crippen LogP contribution in [-0.4, -0.2) is 68.8 Å². The summed E-state index contributed by atoms with van der Waals surface area (Å²) in [4.78, 5) is 23.7. The number of fused-ring (bicyclic) bond motifs is 12. The third-order valence-corrected chi connectivity index (χ3v) is 8.21. The Balaban J connectivity index is 1.37. The maximum Gasteiger partial charge on any atom is 0.211 e. The molecule has 6 nitrogen and oxygen atoms in total. The van der Waals surface area contributed by atoms with Crippen LogP contribution in [0.5, 0.6) is 0 Å². The standard InChI is InChI=1S/C21H30N6/c1-4-10-16-13(7-1)22-19-25(16)20-23-15-9-3-6-12-18(15)27(20)21-24-14-8-2-5-11-17(14)26(19)21/h13-18H,1-12H2. The van der Waals surface area contributed by atoms with Crippen molar-refractivity contribution < 1.29 is 0 Å². The highest BCUT2D eigenvalue weighted by molar-refractivity contribution is 6.19. The predicted molar refractivity (Wildman–Crippen MR) is 106 cm³/mol. The van der Waals surface area contributed by atoms with Crippen LogP contribution in [0.1, 0.15) is 77.0 Å². The number of rotatable bonds is 0. The molecule has 6 unspecified atom stereocenters. The zero-order valence-corrected chi connectivity index (χ0v) is 16.1. The molecule has 7 rings (SSSR count). The summed E-state index contributed by atoms with van der Waals surface area (Å²) in [6, 6.07) is 3.05. The minimum atomic E-state index is 0.475. The minimum Gasteiger partial charge on any atom is -0.277 e. The van der Waals surface area contributed by atoms with E-state index in [-0.39, 0.29) is 0 Å². The highest BCUT2D eigenvalue weighted by Crippen LogP contribution is 2.44. The van der Waals surface area contributed by atoms with Gasteiger partial charge < -0.3 is 0 Å². The molecule has 6 atom stereocenters. The lowest BCUT2D eigenvalue weighted by molar-refractivity contribution is 0.226. The topological polar surface area (TPSA) is 46.8 Å². The molecule has 3 aliphatic carbocycles. The van der Waals surface area contributed by atoms with E-state index < -0.39 is 0 Å². The van der Waals surface area contributed by atoms with Gasteiger partial charge in [-0.15, -0.1) is 0 Å². The zero-order valence-electron chi connectivity index (χ0n) is 16.1. The molecule has 7 aliphatic rings. The summed E-state index contributed by atoms with van der Waals surface area (Å²) in [5.41, 5.74) is 0. The maximum absolute atomic E-state index is 5.32. The molecule has 0 amide bonds. The molecule has 0 aromatic heterocycles. The number of hydrogen-bond donors (Lipinski definition) is 0. The number of nitrogens with zero attached hydrogens (tertiary/aromatic N) is 6. The van der Waals surface area contributed by atoms with Gasteiger partial charge in [-0.25, -0.2) is 15.0 Å². The Hall–Kier alpha value is -1.59. The molecule has 0 bridgehead atoms. The average molecular weight is 367 g/mol. The molecule has 0 radical (unpaired) electrons. The molecule has 3 saturated carbocycles. The highest BCUT2D eigenvalue weighted by atomic mass is 15.7. The first-order valence-electron chi connectivity index (χ1n) is 11.5. The molecule has 4 heterocycles. The molecule has 4 aliphatic heterocycles. The summed E-state index contributed by atoms with van der Waals surface area (Å²) in [5, 5.41) is 0. The monoisotopic (exact) mass is 366 g/mol. The lowest BCUT2D eigenvalue weighted by Crippen LogP contribution is -2.67.